The van der Waals surface area contributed by atoms with Crippen molar-refractivity contribution in [2.45, 2.75) is 19.3 Å². The molecule has 0 spiro atoms. The summed E-state index contributed by atoms with van der Waals surface area (Å²) in [5, 5.41) is 4.76. The number of hydrogen-bond acceptors (Lipinski definition) is 4. The second-order valence-corrected chi connectivity index (χ2v) is 7.68. The monoisotopic (exact) mass is 389 g/mol. The number of piperazine rings is 1. The van der Waals surface area contributed by atoms with Gasteiger partial charge in [0.05, 0.1) is 6.54 Å². The second kappa shape index (κ2) is 9.62. The summed E-state index contributed by atoms with van der Waals surface area (Å²) < 4.78 is 13.2. The van der Waals surface area contributed by atoms with Gasteiger partial charge in [-0.05, 0) is 42.5 Å². The van der Waals surface area contributed by atoms with E-state index in [1.807, 2.05) is 15.9 Å². The largest absolute Gasteiger partial charge is 0.340 e. The molecular formula is C20H24FN3O2S. The number of thiophene rings is 1. The highest BCUT2D eigenvalue weighted by atomic mass is 32.1. The molecule has 1 N–H and O–H groups in total. The fourth-order valence-electron chi connectivity index (χ4n) is 3.15. The van der Waals surface area contributed by atoms with Crippen LogP contribution in [0, 0.1) is 5.82 Å². The molecule has 0 atom stereocenters. The first kappa shape index (κ1) is 19.5. The van der Waals surface area contributed by atoms with Gasteiger partial charge in [-0.25, -0.2) is 4.39 Å². The van der Waals surface area contributed by atoms with Gasteiger partial charge in [-0.15, -0.1) is 11.3 Å². The van der Waals surface area contributed by atoms with Crippen molar-refractivity contribution in [1.82, 2.24) is 9.80 Å². The average Bonchev–Trinajstić information content (AvgIpc) is 3.15. The maximum atomic E-state index is 13.2. The van der Waals surface area contributed by atoms with Crippen molar-refractivity contribution in [3.63, 3.8) is 0 Å². The Morgan fingerprint density at radius 1 is 1.11 bits per heavy atom. The van der Waals surface area contributed by atoms with Crippen LogP contribution in [0.3, 0.4) is 0 Å². The van der Waals surface area contributed by atoms with Crippen molar-refractivity contribution < 1.29 is 14.0 Å². The molecule has 1 aliphatic heterocycles. The maximum Gasteiger partial charge on any atom is 0.238 e. The summed E-state index contributed by atoms with van der Waals surface area (Å²) in [6, 6.07) is 9.99. The van der Waals surface area contributed by atoms with E-state index in [-0.39, 0.29) is 24.2 Å². The highest BCUT2D eigenvalue weighted by molar-refractivity contribution is 7.09. The van der Waals surface area contributed by atoms with Crippen molar-refractivity contribution >= 4 is 28.8 Å². The lowest BCUT2D eigenvalue weighted by atomic mass is 10.2. The fraction of sp³-hybridized carbons (Fsp3) is 0.400. The third kappa shape index (κ3) is 6.15. The minimum Gasteiger partial charge on any atom is -0.340 e. The summed E-state index contributed by atoms with van der Waals surface area (Å²) in [4.78, 5) is 29.6. The molecule has 0 aliphatic carbocycles. The molecule has 0 bridgehead atoms. The minimum atomic E-state index is -0.376. The number of anilines is 1. The first-order chi connectivity index (χ1) is 13.1. The third-order valence-electron chi connectivity index (χ3n) is 4.59. The summed E-state index contributed by atoms with van der Waals surface area (Å²) in [6.07, 6.45) is 2.39. The van der Waals surface area contributed by atoms with E-state index in [2.05, 4.69) is 16.8 Å². The smallest absolute Gasteiger partial charge is 0.238 e. The fourth-order valence-corrected chi connectivity index (χ4v) is 3.90. The van der Waals surface area contributed by atoms with Crippen LogP contribution in [0.1, 0.15) is 17.7 Å². The molecule has 3 rings (SSSR count). The molecule has 5 nitrogen and oxygen atoms in total. The van der Waals surface area contributed by atoms with Crippen LogP contribution < -0.4 is 5.32 Å². The molecule has 27 heavy (non-hydrogen) atoms. The summed E-state index contributed by atoms with van der Waals surface area (Å²) in [6.45, 7) is 2.88. The third-order valence-corrected chi connectivity index (χ3v) is 5.53. The van der Waals surface area contributed by atoms with E-state index >= 15 is 0 Å². The lowest BCUT2D eigenvalue weighted by Gasteiger charge is -2.34. The van der Waals surface area contributed by atoms with Crippen molar-refractivity contribution in [3.05, 3.63) is 52.5 Å². The zero-order chi connectivity index (χ0) is 19.1. The predicted octanol–water partition coefficient (Wildman–Crippen LogP) is 2.99. The number of amides is 2. The Kier molecular flexibility index (Phi) is 6.95. The Morgan fingerprint density at radius 3 is 2.63 bits per heavy atom. The van der Waals surface area contributed by atoms with Gasteiger partial charge in [-0.3, -0.25) is 14.5 Å². The zero-order valence-corrected chi connectivity index (χ0v) is 16.0. The minimum absolute atomic E-state index is 0.170. The quantitative estimate of drug-likeness (QED) is 0.792. The van der Waals surface area contributed by atoms with Crippen molar-refractivity contribution in [1.29, 1.82) is 0 Å². The van der Waals surface area contributed by atoms with Crippen LogP contribution in [0.2, 0.25) is 0 Å². The molecule has 2 amide bonds. The van der Waals surface area contributed by atoms with Crippen molar-refractivity contribution in [2.24, 2.45) is 0 Å². The standard InChI is InChI=1S/C20H24FN3O2S/c21-16-4-1-5-17(14-16)22-19(25)15-23-9-11-24(12-10-23)20(26)8-2-6-18-7-3-13-27-18/h1,3-5,7,13-14H,2,6,8-12,15H2,(H,22,25). The normalized spacial score (nSPS) is 14.9. The lowest BCUT2D eigenvalue weighted by Crippen LogP contribution is -2.50. The van der Waals surface area contributed by atoms with Gasteiger partial charge >= 0.3 is 0 Å². The summed E-state index contributed by atoms with van der Waals surface area (Å²) in [5.74, 6) is -0.356. The molecule has 0 saturated carbocycles. The number of carbonyl (C=O) groups excluding carboxylic acids is 2. The van der Waals surface area contributed by atoms with Crippen LogP contribution in [-0.4, -0.2) is 54.3 Å². The van der Waals surface area contributed by atoms with E-state index in [0.717, 1.165) is 12.8 Å². The Labute approximate surface area is 162 Å². The summed E-state index contributed by atoms with van der Waals surface area (Å²) >= 11 is 1.73. The summed E-state index contributed by atoms with van der Waals surface area (Å²) in [7, 11) is 0. The number of halogens is 1. The average molecular weight is 389 g/mol. The molecule has 0 unspecified atom stereocenters. The van der Waals surface area contributed by atoms with Crippen LogP contribution in [-0.2, 0) is 16.0 Å². The van der Waals surface area contributed by atoms with Crippen molar-refractivity contribution in [3.8, 4) is 0 Å². The van der Waals surface area contributed by atoms with E-state index in [1.165, 1.54) is 17.0 Å². The second-order valence-electron chi connectivity index (χ2n) is 6.65. The number of benzene rings is 1. The zero-order valence-electron chi connectivity index (χ0n) is 15.2. The van der Waals surface area contributed by atoms with Gasteiger partial charge in [-0.2, -0.15) is 0 Å². The van der Waals surface area contributed by atoms with Gasteiger partial charge < -0.3 is 10.2 Å². The molecule has 2 aromatic rings. The van der Waals surface area contributed by atoms with E-state index in [1.54, 1.807) is 23.5 Å². The molecule has 144 valence electrons. The van der Waals surface area contributed by atoms with Crippen LogP contribution in [0.15, 0.2) is 41.8 Å². The molecule has 2 heterocycles. The Bertz CT molecular complexity index is 758. The number of carbonyl (C=O) groups is 2. The topological polar surface area (TPSA) is 52.7 Å². The SMILES string of the molecule is O=C(CN1CCN(C(=O)CCCc2cccs2)CC1)Nc1cccc(F)c1. The van der Waals surface area contributed by atoms with Crippen LogP contribution in [0.4, 0.5) is 10.1 Å². The molecule has 1 aromatic carbocycles. The highest BCUT2D eigenvalue weighted by Gasteiger charge is 2.22. The maximum absolute atomic E-state index is 13.2. The van der Waals surface area contributed by atoms with Crippen LogP contribution >= 0.6 is 11.3 Å². The van der Waals surface area contributed by atoms with Gasteiger partial charge in [0, 0.05) is 43.2 Å². The van der Waals surface area contributed by atoms with Crippen LogP contribution in [0.5, 0.6) is 0 Å². The van der Waals surface area contributed by atoms with Gasteiger partial charge in [0.2, 0.25) is 11.8 Å². The van der Waals surface area contributed by atoms with Crippen LogP contribution in [0.25, 0.3) is 0 Å². The van der Waals surface area contributed by atoms with E-state index < -0.39 is 0 Å². The van der Waals surface area contributed by atoms with Gasteiger partial charge in [-0.1, -0.05) is 12.1 Å². The van der Waals surface area contributed by atoms with E-state index in [9.17, 15) is 14.0 Å². The Morgan fingerprint density at radius 2 is 1.93 bits per heavy atom. The first-order valence-electron chi connectivity index (χ1n) is 9.18. The highest BCUT2D eigenvalue weighted by Crippen LogP contribution is 2.13. The number of nitrogens with one attached hydrogen (secondary N) is 1. The van der Waals surface area contributed by atoms with E-state index in [4.69, 9.17) is 0 Å². The molecule has 1 fully saturated rings. The Hall–Kier alpha value is -2.25. The van der Waals surface area contributed by atoms with Gasteiger partial charge in [0.25, 0.3) is 0 Å². The Balaban J connectivity index is 1.35. The molecule has 1 saturated heterocycles. The predicted molar refractivity (Wildman–Crippen MR) is 105 cm³/mol. The van der Waals surface area contributed by atoms with Gasteiger partial charge in [0.15, 0.2) is 0 Å². The number of hydrogen-bond donors (Lipinski definition) is 1. The van der Waals surface area contributed by atoms with E-state index in [0.29, 0.717) is 38.3 Å². The molecule has 0 radical (unpaired) electrons. The molecule has 1 aliphatic rings. The van der Waals surface area contributed by atoms with Crippen molar-refractivity contribution in [2.75, 3.05) is 38.0 Å². The lowest BCUT2D eigenvalue weighted by molar-refractivity contribution is -0.133. The summed E-state index contributed by atoms with van der Waals surface area (Å²) in [5.41, 5.74) is 0.458. The number of rotatable bonds is 7. The molecule has 7 heteroatoms. The first-order valence-corrected chi connectivity index (χ1v) is 10.1. The number of nitrogens with zero attached hydrogens (tertiary/aromatic N) is 2. The number of aryl methyl sites for hydroxylation is 1. The molecular weight excluding hydrogens is 365 g/mol. The van der Waals surface area contributed by atoms with Gasteiger partial charge in [0.1, 0.15) is 5.82 Å². The molecule has 1 aromatic heterocycles.